The number of likely N-dealkylation sites (tertiary alicyclic amines) is 1. The van der Waals surface area contributed by atoms with Gasteiger partial charge >= 0.3 is 0 Å². The highest BCUT2D eigenvalue weighted by Gasteiger charge is 2.33. The minimum Gasteiger partial charge on any atom is -0.303 e. The van der Waals surface area contributed by atoms with Gasteiger partial charge in [-0.2, -0.15) is 12.6 Å². The molecular weight excluding hydrogens is 238 g/mol. The van der Waals surface area contributed by atoms with E-state index in [0.29, 0.717) is 5.41 Å². The Bertz CT molecular complexity index is 237. The molecule has 0 radical (unpaired) electrons. The normalized spacial score (nSPS) is 26.7. The van der Waals surface area contributed by atoms with Crippen LogP contribution in [0.3, 0.4) is 0 Å². The van der Waals surface area contributed by atoms with Crippen molar-refractivity contribution < 1.29 is 0 Å². The summed E-state index contributed by atoms with van der Waals surface area (Å²) in [5.74, 6) is 2.94. The molecule has 1 saturated carbocycles. The Morgan fingerprint density at radius 3 is 2.22 bits per heavy atom. The lowest BCUT2D eigenvalue weighted by atomic mass is 9.74. The first-order valence-corrected chi connectivity index (χ1v) is 8.62. The number of hydrogen-bond acceptors (Lipinski definition) is 2. The van der Waals surface area contributed by atoms with Crippen LogP contribution < -0.4 is 0 Å². The van der Waals surface area contributed by atoms with Crippen molar-refractivity contribution in [3.63, 3.8) is 0 Å². The zero-order chi connectivity index (χ0) is 13.0. The SMILES string of the molecule is CC(C)C1CCN(CC2(CS)CCCCC2)CC1. The molecule has 106 valence electrons. The smallest absolute Gasteiger partial charge is 0.00458 e. The minimum atomic E-state index is 0.548. The van der Waals surface area contributed by atoms with Gasteiger partial charge in [0.05, 0.1) is 0 Å². The summed E-state index contributed by atoms with van der Waals surface area (Å²) in [6, 6.07) is 0. The van der Waals surface area contributed by atoms with Gasteiger partial charge in [0.25, 0.3) is 0 Å². The van der Waals surface area contributed by atoms with Gasteiger partial charge in [0.15, 0.2) is 0 Å². The molecule has 0 bridgehead atoms. The summed E-state index contributed by atoms with van der Waals surface area (Å²) >= 11 is 4.67. The summed E-state index contributed by atoms with van der Waals surface area (Å²) in [6.07, 6.45) is 9.98. The summed E-state index contributed by atoms with van der Waals surface area (Å²) in [6.45, 7) is 8.76. The molecule has 18 heavy (non-hydrogen) atoms. The molecule has 2 fully saturated rings. The second kappa shape index (κ2) is 6.65. The fourth-order valence-electron chi connectivity index (χ4n) is 3.92. The van der Waals surface area contributed by atoms with Gasteiger partial charge in [-0.3, -0.25) is 0 Å². The van der Waals surface area contributed by atoms with Gasteiger partial charge in [0.1, 0.15) is 0 Å². The van der Waals surface area contributed by atoms with Crippen LogP contribution in [0.5, 0.6) is 0 Å². The van der Waals surface area contributed by atoms with E-state index in [2.05, 4.69) is 31.4 Å². The molecule has 0 N–H and O–H groups in total. The lowest BCUT2D eigenvalue weighted by Crippen LogP contribution is -2.44. The molecule has 1 heterocycles. The zero-order valence-corrected chi connectivity index (χ0v) is 13.2. The third kappa shape index (κ3) is 3.66. The van der Waals surface area contributed by atoms with Crippen molar-refractivity contribution in [3.8, 4) is 0 Å². The van der Waals surface area contributed by atoms with E-state index in [1.807, 2.05) is 0 Å². The van der Waals surface area contributed by atoms with E-state index in [0.717, 1.165) is 17.6 Å². The van der Waals surface area contributed by atoms with E-state index in [-0.39, 0.29) is 0 Å². The number of piperidine rings is 1. The first-order chi connectivity index (χ1) is 8.65. The molecule has 1 saturated heterocycles. The van der Waals surface area contributed by atoms with Gasteiger partial charge in [-0.05, 0) is 61.8 Å². The van der Waals surface area contributed by atoms with E-state index in [1.54, 1.807) is 0 Å². The van der Waals surface area contributed by atoms with Crippen LogP contribution >= 0.6 is 12.6 Å². The molecule has 0 spiro atoms. The second-order valence-electron chi connectivity index (χ2n) is 7.08. The van der Waals surface area contributed by atoms with Gasteiger partial charge in [-0.1, -0.05) is 33.1 Å². The van der Waals surface area contributed by atoms with Gasteiger partial charge in [0.2, 0.25) is 0 Å². The molecule has 0 atom stereocenters. The van der Waals surface area contributed by atoms with E-state index in [9.17, 15) is 0 Å². The van der Waals surface area contributed by atoms with Crippen LogP contribution in [-0.2, 0) is 0 Å². The summed E-state index contributed by atoms with van der Waals surface area (Å²) in [7, 11) is 0. The van der Waals surface area contributed by atoms with Crippen molar-refractivity contribution in [1.29, 1.82) is 0 Å². The summed E-state index contributed by atoms with van der Waals surface area (Å²) < 4.78 is 0. The first-order valence-electron chi connectivity index (χ1n) is 7.98. The highest BCUT2D eigenvalue weighted by Crippen LogP contribution is 2.39. The maximum Gasteiger partial charge on any atom is 0.00458 e. The molecule has 1 aliphatic carbocycles. The largest absolute Gasteiger partial charge is 0.303 e. The molecular formula is C16H31NS. The number of rotatable bonds is 4. The maximum absolute atomic E-state index is 4.67. The maximum atomic E-state index is 4.67. The van der Waals surface area contributed by atoms with Crippen molar-refractivity contribution in [2.45, 2.75) is 58.8 Å². The molecule has 1 aliphatic heterocycles. The van der Waals surface area contributed by atoms with Crippen molar-refractivity contribution in [1.82, 2.24) is 4.90 Å². The van der Waals surface area contributed by atoms with Crippen LogP contribution in [0.25, 0.3) is 0 Å². The fourth-order valence-corrected chi connectivity index (χ4v) is 4.34. The summed E-state index contributed by atoms with van der Waals surface area (Å²) in [4.78, 5) is 2.74. The van der Waals surface area contributed by atoms with Crippen LogP contribution in [0.4, 0.5) is 0 Å². The van der Waals surface area contributed by atoms with E-state index >= 15 is 0 Å². The lowest BCUT2D eigenvalue weighted by Gasteiger charge is -2.43. The molecule has 2 heteroatoms. The Morgan fingerprint density at radius 2 is 1.72 bits per heavy atom. The molecule has 1 nitrogen and oxygen atoms in total. The van der Waals surface area contributed by atoms with Crippen LogP contribution in [0.15, 0.2) is 0 Å². The van der Waals surface area contributed by atoms with Gasteiger partial charge < -0.3 is 4.90 Å². The van der Waals surface area contributed by atoms with Crippen LogP contribution in [0, 0.1) is 17.3 Å². The highest BCUT2D eigenvalue weighted by atomic mass is 32.1. The molecule has 2 rings (SSSR count). The van der Waals surface area contributed by atoms with Gasteiger partial charge in [-0.25, -0.2) is 0 Å². The third-order valence-electron chi connectivity index (χ3n) is 5.38. The Morgan fingerprint density at radius 1 is 1.11 bits per heavy atom. The Kier molecular flexibility index (Phi) is 5.44. The fraction of sp³-hybridized carbons (Fsp3) is 1.00. The minimum absolute atomic E-state index is 0.548. The van der Waals surface area contributed by atoms with E-state index < -0.39 is 0 Å². The average molecular weight is 269 g/mol. The zero-order valence-electron chi connectivity index (χ0n) is 12.3. The Labute approximate surface area is 119 Å². The van der Waals surface area contributed by atoms with Crippen molar-refractivity contribution >= 4 is 12.6 Å². The Balaban J connectivity index is 1.82. The summed E-state index contributed by atoms with van der Waals surface area (Å²) in [5.41, 5.74) is 0.548. The van der Waals surface area contributed by atoms with E-state index in [1.165, 1.54) is 64.6 Å². The lowest BCUT2D eigenvalue weighted by molar-refractivity contribution is 0.0859. The molecule has 0 amide bonds. The molecule has 2 aliphatic rings. The van der Waals surface area contributed by atoms with Crippen LogP contribution in [0.1, 0.15) is 58.8 Å². The molecule has 0 aromatic carbocycles. The monoisotopic (exact) mass is 269 g/mol. The van der Waals surface area contributed by atoms with E-state index in [4.69, 9.17) is 0 Å². The van der Waals surface area contributed by atoms with Crippen LogP contribution in [-0.4, -0.2) is 30.3 Å². The number of hydrogen-bond donors (Lipinski definition) is 1. The highest BCUT2D eigenvalue weighted by molar-refractivity contribution is 7.80. The molecule has 0 aromatic heterocycles. The number of thiol groups is 1. The first kappa shape index (κ1) is 14.7. The predicted molar refractivity (Wildman–Crippen MR) is 83.4 cm³/mol. The topological polar surface area (TPSA) is 3.24 Å². The van der Waals surface area contributed by atoms with Crippen molar-refractivity contribution in [3.05, 3.63) is 0 Å². The molecule has 0 aromatic rings. The van der Waals surface area contributed by atoms with Gasteiger partial charge in [0, 0.05) is 6.54 Å². The van der Waals surface area contributed by atoms with Crippen molar-refractivity contribution in [2.24, 2.45) is 17.3 Å². The predicted octanol–water partition coefficient (Wildman–Crippen LogP) is 4.23. The Hall–Kier alpha value is 0.310. The molecule has 0 unspecified atom stereocenters. The average Bonchev–Trinajstić information content (AvgIpc) is 2.40. The summed E-state index contributed by atoms with van der Waals surface area (Å²) in [5, 5.41) is 0. The quantitative estimate of drug-likeness (QED) is 0.747. The van der Waals surface area contributed by atoms with Crippen molar-refractivity contribution in [2.75, 3.05) is 25.4 Å². The standard InChI is InChI=1S/C16H31NS/c1-14(2)15-6-10-17(11-7-15)12-16(13-18)8-4-3-5-9-16/h14-15,18H,3-13H2,1-2H3. The number of nitrogens with zero attached hydrogens (tertiary/aromatic N) is 1. The van der Waals surface area contributed by atoms with Crippen LogP contribution in [0.2, 0.25) is 0 Å². The van der Waals surface area contributed by atoms with Gasteiger partial charge in [-0.15, -0.1) is 0 Å². The third-order valence-corrected chi connectivity index (χ3v) is 6.05. The second-order valence-corrected chi connectivity index (χ2v) is 7.39.